The molecule has 3 N–H and O–H groups in total. The second kappa shape index (κ2) is 9.49. The third-order valence-corrected chi connectivity index (χ3v) is 5.81. The first kappa shape index (κ1) is 22.3. The lowest BCUT2D eigenvalue weighted by molar-refractivity contribution is -0.143. The number of rotatable bonds is 7. The van der Waals surface area contributed by atoms with Gasteiger partial charge in [0, 0.05) is 13.1 Å². The molecule has 0 radical (unpaired) electrons. The molecule has 8 nitrogen and oxygen atoms in total. The van der Waals surface area contributed by atoms with Crippen LogP contribution < -0.4 is 11.1 Å². The average molecular weight is 395 g/mol. The van der Waals surface area contributed by atoms with Crippen LogP contribution in [-0.2, 0) is 19.2 Å². The van der Waals surface area contributed by atoms with E-state index < -0.39 is 24.2 Å². The SMILES string of the molecule is CC(C)C(N)C(=O)N1CCCC1C(=O)NC(C(=O)N1CCCC1C=O)C(C)C. The first-order valence-electron chi connectivity index (χ1n) is 10.3. The summed E-state index contributed by atoms with van der Waals surface area (Å²) in [7, 11) is 0. The van der Waals surface area contributed by atoms with E-state index in [4.69, 9.17) is 5.73 Å². The van der Waals surface area contributed by atoms with Crippen LogP contribution in [0.1, 0.15) is 53.4 Å². The Kier molecular flexibility index (Phi) is 7.57. The maximum absolute atomic E-state index is 13.0. The van der Waals surface area contributed by atoms with Gasteiger partial charge >= 0.3 is 0 Å². The van der Waals surface area contributed by atoms with E-state index in [1.807, 2.05) is 27.7 Å². The van der Waals surface area contributed by atoms with Gasteiger partial charge in [-0.25, -0.2) is 0 Å². The molecule has 2 saturated heterocycles. The lowest BCUT2D eigenvalue weighted by Gasteiger charge is -2.32. The zero-order chi connectivity index (χ0) is 21.0. The van der Waals surface area contributed by atoms with Crippen LogP contribution in [0, 0.1) is 11.8 Å². The van der Waals surface area contributed by atoms with Gasteiger partial charge in [-0.05, 0) is 37.5 Å². The Morgan fingerprint density at radius 1 is 0.964 bits per heavy atom. The van der Waals surface area contributed by atoms with Gasteiger partial charge < -0.3 is 25.6 Å². The standard InChI is InChI=1S/C20H34N4O4/c1-12(2)16(21)19(27)24-10-6-8-15(24)18(26)22-17(13(3)4)20(28)23-9-5-7-14(23)11-25/h11-17H,5-10,21H2,1-4H3,(H,22,26). The van der Waals surface area contributed by atoms with E-state index in [1.54, 1.807) is 9.80 Å². The molecule has 0 aliphatic carbocycles. The van der Waals surface area contributed by atoms with Crippen molar-refractivity contribution in [1.82, 2.24) is 15.1 Å². The maximum Gasteiger partial charge on any atom is 0.246 e. The minimum Gasteiger partial charge on any atom is -0.342 e. The highest BCUT2D eigenvalue weighted by Crippen LogP contribution is 2.22. The van der Waals surface area contributed by atoms with E-state index in [0.29, 0.717) is 25.9 Å². The van der Waals surface area contributed by atoms with Crippen LogP contribution in [0.2, 0.25) is 0 Å². The van der Waals surface area contributed by atoms with E-state index in [9.17, 15) is 19.2 Å². The van der Waals surface area contributed by atoms with Crippen molar-refractivity contribution in [3.8, 4) is 0 Å². The van der Waals surface area contributed by atoms with Gasteiger partial charge in [0.05, 0.1) is 12.1 Å². The van der Waals surface area contributed by atoms with E-state index >= 15 is 0 Å². The molecule has 4 atom stereocenters. The summed E-state index contributed by atoms with van der Waals surface area (Å²) in [4.78, 5) is 52.9. The summed E-state index contributed by atoms with van der Waals surface area (Å²) in [5, 5.41) is 2.85. The smallest absolute Gasteiger partial charge is 0.246 e. The molecule has 28 heavy (non-hydrogen) atoms. The Morgan fingerprint density at radius 3 is 2.14 bits per heavy atom. The second-order valence-corrected chi connectivity index (χ2v) is 8.57. The van der Waals surface area contributed by atoms with Crippen molar-refractivity contribution in [3.63, 3.8) is 0 Å². The minimum atomic E-state index is -0.718. The molecule has 0 aromatic carbocycles. The fourth-order valence-electron chi connectivity index (χ4n) is 3.93. The Morgan fingerprint density at radius 2 is 1.57 bits per heavy atom. The predicted octanol–water partition coefficient (Wildman–Crippen LogP) is 0.291. The number of aldehydes is 1. The molecule has 158 valence electrons. The van der Waals surface area contributed by atoms with Gasteiger partial charge in [0.25, 0.3) is 0 Å². The fourth-order valence-corrected chi connectivity index (χ4v) is 3.93. The highest BCUT2D eigenvalue weighted by Gasteiger charge is 2.40. The number of nitrogens with zero attached hydrogens (tertiary/aromatic N) is 2. The van der Waals surface area contributed by atoms with Gasteiger partial charge in [-0.2, -0.15) is 0 Å². The van der Waals surface area contributed by atoms with E-state index in [0.717, 1.165) is 19.1 Å². The van der Waals surface area contributed by atoms with Crippen LogP contribution in [0.25, 0.3) is 0 Å². The monoisotopic (exact) mass is 394 g/mol. The van der Waals surface area contributed by atoms with Gasteiger partial charge in [0.15, 0.2) is 0 Å². The molecule has 2 aliphatic heterocycles. The maximum atomic E-state index is 13.0. The quantitative estimate of drug-likeness (QED) is 0.603. The Hall–Kier alpha value is -1.96. The predicted molar refractivity (Wildman–Crippen MR) is 105 cm³/mol. The summed E-state index contributed by atoms with van der Waals surface area (Å²) in [6, 6.07) is -2.38. The van der Waals surface area contributed by atoms with Crippen LogP contribution in [-0.4, -0.2) is 71.1 Å². The van der Waals surface area contributed by atoms with E-state index in [1.165, 1.54) is 0 Å². The zero-order valence-electron chi connectivity index (χ0n) is 17.4. The number of hydrogen-bond acceptors (Lipinski definition) is 5. The third kappa shape index (κ3) is 4.71. The molecule has 3 amide bonds. The Balaban J connectivity index is 2.10. The molecule has 0 bridgehead atoms. The molecular formula is C20H34N4O4. The van der Waals surface area contributed by atoms with Crippen LogP contribution in [0.4, 0.5) is 0 Å². The van der Waals surface area contributed by atoms with E-state index in [2.05, 4.69) is 5.32 Å². The van der Waals surface area contributed by atoms with Crippen LogP contribution in [0.3, 0.4) is 0 Å². The number of hydrogen-bond donors (Lipinski definition) is 2. The molecule has 4 unspecified atom stereocenters. The number of carbonyl (C=O) groups excluding carboxylic acids is 4. The van der Waals surface area contributed by atoms with Crippen molar-refractivity contribution in [3.05, 3.63) is 0 Å². The number of carbonyl (C=O) groups is 4. The molecule has 0 spiro atoms. The number of nitrogens with two attached hydrogens (primary N) is 1. The summed E-state index contributed by atoms with van der Waals surface area (Å²) in [5.41, 5.74) is 6.00. The largest absolute Gasteiger partial charge is 0.342 e. The van der Waals surface area contributed by atoms with Gasteiger partial charge in [-0.1, -0.05) is 27.7 Å². The molecule has 2 heterocycles. The Labute approximate surface area is 167 Å². The summed E-state index contributed by atoms with van der Waals surface area (Å²) < 4.78 is 0. The normalized spacial score (nSPS) is 24.5. The van der Waals surface area contributed by atoms with Gasteiger partial charge in [-0.15, -0.1) is 0 Å². The second-order valence-electron chi connectivity index (χ2n) is 8.57. The highest BCUT2D eigenvalue weighted by atomic mass is 16.2. The van der Waals surface area contributed by atoms with Crippen molar-refractivity contribution in [1.29, 1.82) is 0 Å². The van der Waals surface area contributed by atoms with Gasteiger partial charge in [0.1, 0.15) is 18.4 Å². The molecule has 0 saturated carbocycles. The topological polar surface area (TPSA) is 113 Å². The van der Waals surface area contributed by atoms with Gasteiger partial charge in [0.2, 0.25) is 17.7 Å². The first-order valence-corrected chi connectivity index (χ1v) is 10.3. The minimum absolute atomic E-state index is 0.0164. The molecule has 0 aromatic heterocycles. The molecular weight excluding hydrogens is 360 g/mol. The number of nitrogens with one attached hydrogen (secondary N) is 1. The fraction of sp³-hybridized carbons (Fsp3) is 0.800. The van der Waals surface area contributed by atoms with Gasteiger partial charge in [-0.3, -0.25) is 14.4 Å². The molecule has 2 rings (SSSR count). The average Bonchev–Trinajstić information content (AvgIpc) is 3.32. The molecule has 2 fully saturated rings. The molecule has 2 aliphatic rings. The Bertz CT molecular complexity index is 607. The third-order valence-electron chi connectivity index (χ3n) is 5.81. The molecule has 8 heteroatoms. The first-order chi connectivity index (χ1) is 13.2. The summed E-state index contributed by atoms with van der Waals surface area (Å²) in [5.74, 6) is -0.922. The number of amides is 3. The highest BCUT2D eigenvalue weighted by molar-refractivity contribution is 5.94. The summed E-state index contributed by atoms with van der Waals surface area (Å²) >= 11 is 0. The van der Waals surface area contributed by atoms with Crippen molar-refractivity contribution in [2.24, 2.45) is 17.6 Å². The van der Waals surface area contributed by atoms with E-state index in [-0.39, 0.29) is 29.6 Å². The molecule has 0 aromatic rings. The van der Waals surface area contributed by atoms with Crippen molar-refractivity contribution in [2.45, 2.75) is 77.5 Å². The lowest BCUT2D eigenvalue weighted by Crippen LogP contribution is -2.58. The summed E-state index contributed by atoms with van der Waals surface area (Å²) in [6.07, 6.45) is 3.53. The van der Waals surface area contributed by atoms with Crippen molar-refractivity contribution < 1.29 is 19.2 Å². The lowest BCUT2D eigenvalue weighted by atomic mass is 10.0. The summed E-state index contributed by atoms with van der Waals surface area (Å²) in [6.45, 7) is 8.50. The van der Waals surface area contributed by atoms with Crippen LogP contribution in [0.15, 0.2) is 0 Å². The van der Waals surface area contributed by atoms with Crippen molar-refractivity contribution >= 4 is 24.0 Å². The zero-order valence-corrected chi connectivity index (χ0v) is 17.4. The van der Waals surface area contributed by atoms with Crippen LogP contribution in [0.5, 0.6) is 0 Å². The van der Waals surface area contributed by atoms with Crippen molar-refractivity contribution in [2.75, 3.05) is 13.1 Å². The number of likely N-dealkylation sites (tertiary alicyclic amines) is 2. The van der Waals surface area contributed by atoms with Crippen LogP contribution >= 0.6 is 0 Å².